The van der Waals surface area contributed by atoms with Gasteiger partial charge in [0.25, 0.3) is 0 Å². The Morgan fingerprint density at radius 3 is 3.20 bits per heavy atom. The number of rotatable bonds is 0. The van der Waals surface area contributed by atoms with Crippen molar-refractivity contribution in [3.63, 3.8) is 0 Å². The topological polar surface area (TPSA) is 52.0 Å². The lowest BCUT2D eigenvalue weighted by Gasteiger charge is -1.88. The molecule has 0 saturated carbocycles. The fourth-order valence-corrected chi connectivity index (χ4v) is 0.861. The molecule has 0 aliphatic rings. The van der Waals surface area contributed by atoms with Crippen molar-refractivity contribution in [1.29, 1.82) is 0 Å². The summed E-state index contributed by atoms with van der Waals surface area (Å²) in [5.74, 6) is 0. The van der Waals surface area contributed by atoms with Gasteiger partial charge in [-0.2, -0.15) is 0 Å². The van der Waals surface area contributed by atoms with Crippen LogP contribution in [0.25, 0.3) is 11.0 Å². The molecule has 1 aromatic heterocycles. The normalized spacial score (nSPS) is 10.4. The number of nitrogens with zero attached hydrogens (tertiary/aromatic N) is 1. The maximum Gasteiger partial charge on any atom is 0.169 e. The smallest absolute Gasteiger partial charge is 0.169 e. The minimum absolute atomic E-state index is 0.652. The maximum atomic E-state index is 5.57. The van der Waals surface area contributed by atoms with Crippen LogP contribution >= 0.6 is 0 Å². The molecular formula is C7H5N2O. The van der Waals surface area contributed by atoms with Crippen LogP contribution in [-0.4, -0.2) is 5.16 Å². The third kappa shape index (κ3) is 0.572. The third-order valence-electron chi connectivity index (χ3n) is 1.36. The van der Waals surface area contributed by atoms with Crippen LogP contribution in [0.3, 0.4) is 0 Å². The minimum Gasteiger partial charge on any atom is -0.398 e. The highest BCUT2D eigenvalue weighted by atomic mass is 16.5. The molecule has 1 radical (unpaired) electrons. The van der Waals surface area contributed by atoms with E-state index in [0.717, 1.165) is 5.39 Å². The lowest BCUT2D eigenvalue weighted by atomic mass is 10.2. The molecule has 2 N–H and O–H groups in total. The van der Waals surface area contributed by atoms with E-state index in [1.807, 2.05) is 6.07 Å². The average molecular weight is 133 g/mol. The Labute approximate surface area is 57.4 Å². The molecule has 0 spiro atoms. The minimum atomic E-state index is 0.652. The number of nitrogen functional groups attached to an aromatic ring is 1. The van der Waals surface area contributed by atoms with Crippen LogP contribution < -0.4 is 5.73 Å². The van der Waals surface area contributed by atoms with Crippen molar-refractivity contribution >= 4 is 16.7 Å². The fourth-order valence-electron chi connectivity index (χ4n) is 0.861. The van der Waals surface area contributed by atoms with Crippen molar-refractivity contribution in [3.8, 4) is 0 Å². The Kier molecular flexibility index (Phi) is 0.917. The molecule has 0 unspecified atom stereocenters. The number of anilines is 1. The molecule has 0 atom stereocenters. The standard InChI is InChI=1S/C7H5N2O/c8-6-2-1-3-7-5(6)4-9-10-7/h1-3H,8H2. The monoisotopic (exact) mass is 133 g/mol. The van der Waals surface area contributed by atoms with Gasteiger partial charge in [-0.05, 0) is 12.1 Å². The molecular weight excluding hydrogens is 128 g/mol. The van der Waals surface area contributed by atoms with Gasteiger partial charge in [-0.25, -0.2) is 0 Å². The highest BCUT2D eigenvalue weighted by molar-refractivity contribution is 5.87. The van der Waals surface area contributed by atoms with Crippen LogP contribution in [0.4, 0.5) is 5.69 Å². The van der Waals surface area contributed by atoms with Crippen LogP contribution in [0, 0.1) is 6.20 Å². The van der Waals surface area contributed by atoms with Gasteiger partial charge < -0.3 is 10.3 Å². The number of hydrogen-bond donors (Lipinski definition) is 1. The van der Waals surface area contributed by atoms with E-state index >= 15 is 0 Å². The molecule has 3 nitrogen and oxygen atoms in total. The summed E-state index contributed by atoms with van der Waals surface area (Å²) in [7, 11) is 0. The highest BCUT2D eigenvalue weighted by Gasteiger charge is 1.99. The van der Waals surface area contributed by atoms with E-state index in [1.165, 1.54) is 0 Å². The van der Waals surface area contributed by atoms with Gasteiger partial charge in [0.2, 0.25) is 0 Å². The predicted octanol–water partition coefficient (Wildman–Crippen LogP) is 1.21. The zero-order valence-corrected chi connectivity index (χ0v) is 5.16. The Morgan fingerprint density at radius 1 is 1.50 bits per heavy atom. The van der Waals surface area contributed by atoms with E-state index in [4.69, 9.17) is 10.3 Å². The molecule has 1 aromatic carbocycles. The number of nitrogens with two attached hydrogens (primary N) is 1. The van der Waals surface area contributed by atoms with Crippen LogP contribution in [0.1, 0.15) is 0 Å². The molecule has 10 heavy (non-hydrogen) atoms. The Hall–Kier alpha value is -1.51. The first-order chi connectivity index (χ1) is 4.88. The molecule has 0 saturated heterocycles. The SMILES string of the molecule is Nc1cccc2on[c]c12. The molecule has 0 fully saturated rings. The quantitative estimate of drug-likeness (QED) is 0.549. The summed E-state index contributed by atoms with van der Waals surface area (Å²) >= 11 is 0. The van der Waals surface area contributed by atoms with Gasteiger partial charge in [0.15, 0.2) is 5.58 Å². The first kappa shape index (κ1) is 5.29. The van der Waals surface area contributed by atoms with Crippen LogP contribution in [0.2, 0.25) is 0 Å². The summed E-state index contributed by atoms with van der Waals surface area (Å²) in [6.45, 7) is 0. The molecule has 2 aromatic rings. The van der Waals surface area contributed by atoms with Crippen molar-refractivity contribution in [2.75, 3.05) is 5.73 Å². The van der Waals surface area contributed by atoms with E-state index in [1.54, 1.807) is 12.1 Å². The summed E-state index contributed by atoms with van der Waals surface area (Å²) in [6.07, 6.45) is 2.65. The van der Waals surface area contributed by atoms with Gasteiger partial charge in [0.1, 0.15) is 6.20 Å². The molecule has 0 aliphatic heterocycles. The fraction of sp³-hybridized carbons (Fsp3) is 0. The van der Waals surface area contributed by atoms with Crippen LogP contribution in [0.15, 0.2) is 22.7 Å². The number of benzene rings is 1. The Morgan fingerprint density at radius 2 is 2.40 bits per heavy atom. The average Bonchev–Trinajstić information content (AvgIpc) is 2.36. The summed E-state index contributed by atoms with van der Waals surface area (Å²) < 4.78 is 4.81. The summed E-state index contributed by atoms with van der Waals surface area (Å²) in [5, 5.41) is 4.23. The van der Waals surface area contributed by atoms with E-state index in [2.05, 4.69) is 11.4 Å². The van der Waals surface area contributed by atoms with E-state index < -0.39 is 0 Å². The largest absolute Gasteiger partial charge is 0.398 e. The molecule has 0 bridgehead atoms. The summed E-state index contributed by atoms with van der Waals surface area (Å²) in [4.78, 5) is 0. The van der Waals surface area contributed by atoms with Gasteiger partial charge in [0, 0.05) is 5.69 Å². The molecule has 0 amide bonds. The number of hydrogen-bond acceptors (Lipinski definition) is 3. The Bertz CT molecular complexity index is 353. The summed E-state index contributed by atoms with van der Waals surface area (Å²) in [5.41, 5.74) is 6.90. The molecule has 3 heteroatoms. The highest BCUT2D eigenvalue weighted by Crippen LogP contribution is 2.18. The molecule has 1 heterocycles. The van der Waals surface area contributed by atoms with Crippen LogP contribution in [-0.2, 0) is 0 Å². The molecule has 2 rings (SSSR count). The lowest BCUT2D eigenvalue weighted by molar-refractivity contribution is 0.454. The first-order valence-corrected chi connectivity index (χ1v) is 2.89. The number of aromatic nitrogens is 1. The van der Waals surface area contributed by atoms with Crippen molar-refractivity contribution in [3.05, 3.63) is 24.4 Å². The second-order valence-electron chi connectivity index (χ2n) is 2.01. The molecule has 0 aliphatic carbocycles. The second-order valence-corrected chi connectivity index (χ2v) is 2.01. The van der Waals surface area contributed by atoms with E-state index in [-0.39, 0.29) is 0 Å². The van der Waals surface area contributed by atoms with Crippen molar-refractivity contribution in [1.82, 2.24) is 5.16 Å². The first-order valence-electron chi connectivity index (χ1n) is 2.89. The summed E-state index contributed by atoms with van der Waals surface area (Å²) in [6, 6.07) is 5.40. The zero-order valence-electron chi connectivity index (χ0n) is 5.16. The van der Waals surface area contributed by atoms with Gasteiger partial charge in [-0.3, -0.25) is 0 Å². The molecule has 49 valence electrons. The maximum absolute atomic E-state index is 5.57. The zero-order chi connectivity index (χ0) is 6.97. The van der Waals surface area contributed by atoms with Crippen molar-refractivity contribution in [2.24, 2.45) is 0 Å². The van der Waals surface area contributed by atoms with Crippen molar-refractivity contribution < 1.29 is 4.52 Å². The Balaban J connectivity index is 2.95. The van der Waals surface area contributed by atoms with Gasteiger partial charge in [-0.15, -0.1) is 0 Å². The van der Waals surface area contributed by atoms with Crippen LogP contribution in [0.5, 0.6) is 0 Å². The second kappa shape index (κ2) is 1.73. The number of fused-ring (bicyclic) bond motifs is 1. The van der Waals surface area contributed by atoms with E-state index in [9.17, 15) is 0 Å². The lowest BCUT2D eigenvalue weighted by Crippen LogP contribution is -1.82. The van der Waals surface area contributed by atoms with Gasteiger partial charge in [0.05, 0.1) is 5.39 Å². The van der Waals surface area contributed by atoms with Gasteiger partial charge in [-0.1, -0.05) is 11.2 Å². The van der Waals surface area contributed by atoms with Crippen molar-refractivity contribution in [2.45, 2.75) is 0 Å². The predicted molar refractivity (Wildman–Crippen MR) is 37.3 cm³/mol. The van der Waals surface area contributed by atoms with E-state index in [0.29, 0.717) is 11.3 Å². The van der Waals surface area contributed by atoms with Gasteiger partial charge >= 0.3 is 0 Å². The third-order valence-corrected chi connectivity index (χ3v) is 1.36.